The number of fused-ring (bicyclic) bond motifs is 12. The highest BCUT2D eigenvalue weighted by Crippen LogP contribution is 2.60. The van der Waals surface area contributed by atoms with Crippen LogP contribution in [-0.2, 0) is 19.3 Å². The quantitative estimate of drug-likeness (QED) is 0.0198. The highest BCUT2D eigenvalue weighted by atomic mass is 16.6. The Kier molecular flexibility index (Phi) is 40.3. The van der Waals surface area contributed by atoms with Crippen molar-refractivity contribution in [3.8, 4) is 120 Å². The molecule has 0 aliphatic heterocycles. The number of methoxy groups -OCH3 is 3. The van der Waals surface area contributed by atoms with E-state index in [1.807, 2.05) is 36.4 Å². The van der Waals surface area contributed by atoms with E-state index in [9.17, 15) is 0 Å². The van der Waals surface area contributed by atoms with Crippen LogP contribution in [0.5, 0.6) is 86.2 Å². The van der Waals surface area contributed by atoms with Crippen LogP contribution in [0.25, 0.3) is 33.4 Å². The summed E-state index contributed by atoms with van der Waals surface area (Å²) in [5, 5.41) is 0. The molecule has 0 atom stereocenters. The minimum atomic E-state index is -0.628. The molecule has 0 bridgehead atoms. The number of esters is 3. The van der Waals surface area contributed by atoms with Gasteiger partial charge in [0.05, 0.1) is 97.5 Å². The topological polar surface area (TPSA) is 190 Å². The largest absolute Gasteiger partial charge is 0.493 e. The molecule has 0 unspecified atom stereocenters. The van der Waals surface area contributed by atoms with E-state index in [2.05, 4.69) is 62.3 Å². The Labute approximate surface area is 735 Å². The molecule has 3 aliphatic carbocycles. The van der Waals surface area contributed by atoms with Crippen molar-refractivity contribution in [1.82, 2.24) is 0 Å². The Hall–Kier alpha value is -9.45. The Balaban J connectivity index is 1.10. The first-order chi connectivity index (χ1) is 60.3. The molecule has 0 saturated heterocycles. The Morgan fingerprint density at radius 1 is 0.220 bits per heavy atom. The number of ether oxygens (including phenoxy) is 15. The minimum absolute atomic E-state index is 0.220. The molecule has 3 aliphatic rings. The van der Waals surface area contributed by atoms with Gasteiger partial charge < -0.3 is 71.1 Å². The van der Waals surface area contributed by atoms with Crippen molar-refractivity contribution in [3.05, 3.63) is 123 Å². The zero-order valence-corrected chi connectivity index (χ0v) is 76.7. The molecular weight excluding hydrogens is 1550 g/mol. The molecule has 7 aromatic carbocycles. The molecule has 18 heteroatoms. The molecule has 0 aromatic heterocycles. The summed E-state index contributed by atoms with van der Waals surface area (Å²) in [6, 6.07) is 22.1. The van der Waals surface area contributed by atoms with Crippen LogP contribution in [0, 0.1) is 0 Å². The van der Waals surface area contributed by atoms with E-state index in [1.165, 1.54) is 0 Å². The smallest absolute Gasteiger partial charge is 0.343 e. The van der Waals surface area contributed by atoms with Gasteiger partial charge in [-0.05, 0) is 217 Å². The average Bonchev–Trinajstić information content (AvgIpc) is 1.53. The van der Waals surface area contributed by atoms with E-state index >= 15 is 14.4 Å². The molecular formula is C105H144O18. The van der Waals surface area contributed by atoms with E-state index in [0.717, 1.165) is 298 Å². The Morgan fingerprint density at radius 3 is 0.585 bits per heavy atom. The highest BCUT2D eigenvalue weighted by Gasteiger charge is 2.40. The molecule has 18 nitrogen and oxygen atoms in total. The third-order valence-corrected chi connectivity index (χ3v) is 23.5. The van der Waals surface area contributed by atoms with Gasteiger partial charge in [-0.15, -0.1) is 0 Å². The number of unbranched alkanes of at least 4 members (excludes halogenated alkanes) is 27. The van der Waals surface area contributed by atoms with Crippen LogP contribution in [0.15, 0.2) is 72.8 Å². The second-order valence-corrected chi connectivity index (χ2v) is 33.3. The van der Waals surface area contributed by atoms with Crippen LogP contribution in [0.2, 0.25) is 0 Å². The first-order valence-electron chi connectivity index (χ1n) is 47.5. The summed E-state index contributed by atoms with van der Waals surface area (Å²) in [6.45, 7) is 23.7. The maximum absolute atomic E-state index is 15.3. The van der Waals surface area contributed by atoms with Crippen molar-refractivity contribution in [2.45, 2.75) is 313 Å². The number of carbonyl (C=O) groups excluding carboxylic acids is 3. The molecule has 7 aromatic rings. The summed E-state index contributed by atoms with van der Waals surface area (Å²) in [4.78, 5) is 45.9. The Bertz CT molecular complexity index is 3930. The predicted octanol–water partition coefficient (Wildman–Crippen LogP) is 27.7. The molecule has 123 heavy (non-hydrogen) atoms. The molecule has 0 radical (unpaired) electrons. The average molecular weight is 1690 g/mol. The normalized spacial score (nSPS) is 11.9. The van der Waals surface area contributed by atoms with Gasteiger partial charge in [-0.2, -0.15) is 0 Å². The third kappa shape index (κ3) is 26.6. The van der Waals surface area contributed by atoms with Crippen molar-refractivity contribution < 1.29 is 85.4 Å². The SMILES string of the molecule is CCCCCCOc1cc(C(=O)Oc2cc3c(cc2OC)Cc2c-3c3c(c4c2-c2cc(OC(=O)c5cc(OCCCCCC)c(OCCCCCC)c(OCCCCCC)c5)c(OC)cc2C4)-c2cc(OC(=O)c4cc(OCCCCCC)c(OCCCCCC)c(OCCCCCC)c4)c(OC)cc2C3)cc(OCCCCCC)c1OCCCCCC. The van der Waals surface area contributed by atoms with Crippen LogP contribution >= 0.6 is 0 Å². The summed E-state index contributed by atoms with van der Waals surface area (Å²) >= 11 is 0. The van der Waals surface area contributed by atoms with Gasteiger partial charge in [0.15, 0.2) is 69.0 Å². The summed E-state index contributed by atoms with van der Waals surface area (Å²) in [5.74, 6) is 3.96. The number of hydrogen-bond acceptors (Lipinski definition) is 18. The van der Waals surface area contributed by atoms with Crippen LogP contribution in [-0.4, -0.2) is 98.7 Å². The molecule has 10 rings (SSSR count). The van der Waals surface area contributed by atoms with Crippen molar-refractivity contribution in [2.24, 2.45) is 0 Å². The molecule has 0 amide bonds. The zero-order valence-electron chi connectivity index (χ0n) is 76.7. The van der Waals surface area contributed by atoms with E-state index in [1.54, 1.807) is 57.7 Å². The van der Waals surface area contributed by atoms with Crippen LogP contribution in [0.3, 0.4) is 0 Å². The van der Waals surface area contributed by atoms with Crippen molar-refractivity contribution in [1.29, 1.82) is 0 Å². The summed E-state index contributed by atoms with van der Waals surface area (Å²) in [7, 11) is 4.77. The van der Waals surface area contributed by atoms with Crippen molar-refractivity contribution >= 4 is 17.9 Å². The lowest BCUT2D eigenvalue weighted by atomic mass is 9.86. The van der Waals surface area contributed by atoms with Crippen LogP contribution < -0.4 is 71.1 Å². The highest BCUT2D eigenvalue weighted by molar-refractivity contribution is 6.03. The predicted molar refractivity (Wildman–Crippen MR) is 492 cm³/mol. The van der Waals surface area contributed by atoms with Gasteiger partial charge in [0.25, 0.3) is 0 Å². The molecule has 0 heterocycles. The van der Waals surface area contributed by atoms with Gasteiger partial charge in [-0.1, -0.05) is 236 Å². The minimum Gasteiger partial charge on any atom is -0.493 e. The lowest BCUT2D eigenvalue weighted by Crippen LogP contribution is -2.12. The first kappa shape index (κ1) is 95.8. The van der Waals surface area contributed by atoms with Crippen LogP contribution in [0.1, 0.15) is 358 Å². The fourth-order valence-corrected chi connectivity index (χ4v) is 16.7. The lowest BCUT2D eigenvalue weighted by molar-refractivity contribution is 0.0719. The molecule has 0 spiro atoms. The summed E-state index contributed by atoms with van der Waals surface area (Å²) in [5.41, 5.74) is 12.1. The number of rotatable bonds is 63. The first-order valence-corrected chi connectivity index (χ1v) is 47.5. The van der Waals surface area contributed by atoms with Gasteiger partial charge in [0, 0.05) is 0 Å². The fraction of sp³-hybridized carbons (Fsp3) is 0.571. The maximum Gasteiger partial charge on any atom is 0.343 e. The van der Waals surface area contributed by atoms with Gasteiger partial charge in [-0.3, -0.25) is 0 Å². The molecule has 0 fully saturated rings. The summed E-state index contributed by atoms with van der Waals surface area (Å²) in [6.07, 6.45) is 37.7. The monoisotopic (exact) mass is 1690 g/mol. The summed E-state index contributed by atoms with van der Waals surface area (Å²) < 4.78 is 98.1. The lowest BCUT2D eigenvalue weighted by Gasteiger charge is -2.19. The standard InChI is InChI=1S/C105H144O18/c1-13-22-31-40-49-112-91-64-76(65-92(113-50-41-32-23-14-2)100(91)118-55-46-37-28-19-7)103(106)121-88-70-79-73(61-85(88)109-10)58-82-97(79)83-59-74-62-86(110-11)89(122-104(107)77-66-93(114-51-42-33-24-15-3)101(119-56-47-38-29-20-8)94(67-77)115-52-43-34-25-16-4)71-80(74)99(83)84-60-75-63-87(111-12)90(72-81(75)98(82)84)123-105(108)78-68-95(116-53-44-35-26-17-5)102(120-57-48-39-30-21-9)96(69-78)117-54-45-36-27-18-6/h61-72H,13-60H2,1-12H3. The van der Waals surface area contributed by atoms with Gasteiger partial charge in [-0.25, -0.2) is 14.4 Å². The molecule has 0 saturated carbocycles. The second kappa shape index (κ2) is 51.7. The molecule has 672 valence electrons. The zero-order chi connectivity index (χ0) is 87.1. The number of benzene rings is 7. The Morgan fingerprint density at radius 2 is 0.407 bits per heavy atom. The maximum atomic E-state index is 15.3. The van der Waals surface area contributed by atoms with Gasteiger partial charge in [0.2, 0.25) is 17.2 Å². The van der Waals surface area contributed by atoms with Crippen molar-refractivity contribution in [3.63, 3.8) is 0 Å². The second-order valence-electron chi connectivity index (χ2n) is 33.3. The number of carbonyl (C=O) groups is 3. The third-order valence-electron chi connectivity index (χ3n) is 23.5. The van der Waals surface area contributed by atoms with Crippen molar-refractivity contribution in [2.75, 3.05) is 80.8 Å². The number of hydrogen-bond donors (Lipinski definition) is 0. The van der Waals surface area contributed by atoms with E-state index < -0.39 is 17.9 Å². The van der Waals surface area contributed by atoms with E-state index in [4.69, 9.17) is 71.1 Å². The van der Waals surface area contributed by atoms with Crippen LogP contribution in [0.4, 0.5) is 0 Å². The molecule has 0 N–H and O–H groups in total. The van der Waals surface area contributed by atoms with Gasteiger partial charge >= 0.3 is 17.9 Å². The van der Waals surface area contributed by atoms with Gasteiger partial charge in [0.1, 0.15) is 0 Å². The van der Waals surface area contributed by atoms with E-state index in [-0.39, 0.29) is 33.9 Å². The van der Waals surface area contributed by atoms with E-state index in [0.29, 0.717) is 148 Å². The fourth-order valence-electron chi connectivity index (χ4n) is 16.7.